The Morgan fingerprint density at radius 3 is 2.47 bits per heavy atom. The Hall–Kier alpha value is -2.90. The molecule has 2 aromatic rings. The van der Waals surface area contributed by atoms with Crippen LogP contribution in [0.3, 0.4) is 0 Å². The molecule has 8 heteroatoms. The number of hydrogen-bond acceptors (Lipinski definition) is 2. The Balaban J connectivity index is 1.41. The summed E-state index contributed by atoms with van der Waals surface area (Å²) in [5.74, 6) is -1.26. The molecule has 1 atom stereocenters. The normalized spacial score (nSPS) is 19.2. The number of amides is 2. The molecule has 0 saturated carbocycles. The van der Waals surface area contributed by atoms with E-state index in [1.807, 2.05) is 0 Å². The van der Waals surface area contributed by atoms with Gasteiger partial charge in [-0.25, -0.2) is 4.39 Å². The van der Waals surface area contributed by atoms with E-state index in [-0.39, 0.29) is 30.7 Å². The van der Waals surface area contributed by atoms with Gasteiger partial charge in [0.05, 0.1) is 18.0 Å². The standard InChI is InChI=1S/C22H20F4N2O2/c23-18-5-2-15(3-6-18)19-8-10-28(21(19)30)13-20(29)27-9-7-14-1-4-17(22(24,25)26)11-16(14)12-27/h1-6,11,19H,7-10,12-13H2. The number of carbonyl (C=O) groups is 2. The number of fused-ring (bicyclic) bond motifs is 1. The molecule has 2 aliphatic rings. The number of benzene rings is 2. The van der Waals surface area contributed by atoms with E-state index in [0.717, 1.165) is 17.7 Å². The van der Waals surface area contributed by atoms with Crippen molar-refractivity contribution in [3.63, 3.8) is 0 Å². The molecule has 158 valence electrons. The van der Waals surface area contributed by atoms with Crippen molar-refractivity contribution in [1.29, 1.82) is 0 Å². The van der Waals surface area contributed by atoms with E-state index in [0.29, 0.717) is 37.1 Å². The van der Waals surface area contributed by atoms with Crippen LogP contribution in [-0.4, -0.2) is 41.2 Å². The Morgan fingerprint density at radius 1 is 1.03 bits per heavy atom. The molecule has 0 N–H and O–H groups in total. The van der Waals surface area contributed by atoms with Gasteiger partial charge in [0.1, 0.15) is 5.82 Å². The first kappa shape index (κ1) is 20.4. The van der Waals surface area contributed by atoms with E-state index in [9.17, 15) is 27.2 Å². The van der Waals surface area contributed by atoms with Crippen molar-refractivity contribution in [2.75, 3.05) is 19.6 Å². The first-order valence-corrected chi connectivity index (χ1v) is 9.73. The summed E-state index contributed by atoms with van der Waals surface area (Å²) in [4.78, 5) is 28.4. The summed E-state index contributed by atoms with van der Waals surface area (Å²) < 4.78 is 52.1. The van der Waals surface area contributed by atoms with E-state index >= 15 is 0 Å². The number of rotatable bonds is 3. The maximum atomic E-state index is 13.1. The fraction of sp³-hybridized carbons (Fsp3) is 0.364. The van der Waals surface area contributed by atoms with Crippen molar-refractivity contribution < 1.29 is 27.2 Å². The molecule has 1 fully saturated rings. The van der Waals surface area contributed by atoms with Gasteiger partial charge < -0.3 is 9.80 Å². The van der Waals surface area contributed by atoms with E-state index in [2.05, 4.69) is 0 Å². The average Bonchev–Trinajstić information content (AvgIpc) is 3.07. The fourth-order valence-electron chi connectivity index (χ4n) is 4.11. The van der Waals surface area contributed by atoms with Crippen LogP contribution in [0.5, 0.6) is 0 Å². The van der Waals surface area contributed by atoms with Gasteiger partial charge in [-0.15, -0.1) is 0 Å². The highest BCUT2D eigenvalue weighted by molar-refractivity contribution is 5.90. The summed E-state index contributed by atoms with van der Waals surface area (Å²) >= 11 is 0. The molecular weight excluding hydrogens is 400 g/mol. The minimum Gasteiger partial charge on any atom is -0.336 e. The average molecular weight is 420 g/mol. The van der Waals surface area contributed by atoms with Gasteiger partial charge in [-0.1, -0.05) is 18.2 Å². The van der Waals surface area contributed by atoms with Crippen molar-refractivity contribution in [3.8, 4) is 0 Å². The van der Waals surface area contributed by atoms with E-state index in [1.165, 1.54) is 28.0 Å². The highest BCUT2D eigenvalue weighted by atomic mass is 19.4. The highest BCUT2D eigenvalue weighted by Gasteiger charge is 2.35. The van der Waals surface area contributed by atoms with Crippen LogP contribution >= 0.6 is 0 Å². The number of hydrogen-bond donors (Lipinski definition) is 0. The molecule has 1 saturated heterocycles. The van der Waals surface area contributed by atoms with Gasteiger partial charge in [-0.05, 0) is 53.8 Å². The number of alkyl halides is 3. The second-order valence-electron chi connectivity index (χ2n) is 7.70. The summed E-state index contributed by atoms with van der Waals surface area (Å²) in [6.45, 7) is 0.808. The van der Waals surface area contributed by atoms with Crippen molar-refractivity contribution in [2.45, 2.75) is 31.5 Å². The molecule has 0 spiro atoms. The predicted molar refractivity (Wildman–Crippen MR) is 101 cm³/mol. The quantitative estimate of drug-likeness (QED) is 0.710. The van der Waals surface area contributed by atoms with Gasteiger partial charge >= 0.3 is 6.18 Å². The van der Waals surface area contributed by atoms with Crippen LogP contribution < -0.4 is 0 Å². The predicted octanol–water partition coefficient (Wildman–Crippen LogP) is 3.75. The highest BCUT2D eigenvalue weighted by Crippen LogP contribution is 2.32. The molecule has 0 bridgehead atoms. The number of halogens is 4. The smallest absolute Gasteiger partial charge is 0.336 e. The topological polar surface area (TPSA) is 40.6 Å². The summed E-state index contributed by atoms with van der Waals surface area (Å²) in [6, 6.07) is 9.38. The lowest BCUT2D eigenvalue weighted by atomic mass is 9.97. The largest absolute Gasteiger partial charge is 0.416 e. The van der Waals surface area contributed by atoms with Crippen LogP contribution in [0.15, 0.2) is 42.5 Å². The second kappa shape index (κ2) is 7.74. The molecule has 2 aliphatic heterocycles. The zero-order valence-corrected chi connectivity index (χ0v) is 16.1. The lowest BCUT2D eigenvalue weighted by molar-refractivity contribution is -0.139. The maximum Gasteiger partial charge on any atom is 0.416 e. The molecular formula is C22H20F4N2O2. The lowest BCUT2D eigenvalue weighted by Gasteiger charge is -2.31. The Bertz CT molecular complexity index is 972. The van der Waals surface area contributed by atoms with Gasteiger partial charge in [0.15, 0.2) is 0 Å². The third-order valence-corrected chi connectivity index (χ3v) is 5.79. The van der Waals surface area contributed by atoms with Gasteiger partial charge in [0.2, 0.25) is 11.8 Å². The first-order valence-electron chi connectivity index (χ1n) is 9.73. The molecule has 1 unspecified atom stereocenters. The summed E-state index contributed by atoms with van der Waals surface area (Å²) in [7, 11) is 0. The Labute approximate surface area is 171 Å². The SMILES string of the molecule is O=C(CN1CCC(c2ccc(F)cc2)C1=O)N1CCc2ccc(C(F)(F)F)cc2C1. The van der Waals surface area contributed by atoms with Crippen molar-refractivity contribution in [2.24, 2.45) is 0 Å². The van der Waals surface area contributed by atoms with Crippen LogP contribution in [0.4, 0.5) is 17.6 Å². The molecule has 0 aliphatic carbocycles. The fourth-order valence-corrected chi connectivity index (χ4v) is 4.11. The van der Waals surface area contributed by atoms with E-state index < -0.39 is 17.7 Å². The van der Waals surface area contributed by atoms with Gasteiger partial charge in [0, 0.05) is 19.6 Å². The molecule has 4 rings (SSSR count). The zero-order valence-electron chi connectivity index (χ0n) is 16.1. The van der Waals surface area contributed by atoms with Crippen LogP contribution in [0, 0.1) is 5.82 Å². The Kier molecular flexibility index (Phi) is 5.26. The summed E-state index contributed by atoms with van der Waals surface area (Å²) in [5.41, 5.74) is 1.28. The summed E-state index contributed by atoms with van der Waals surface area (Å²) in [6.07, 6.45) is -3.42. The number of carbonyl (C=O) groups excluding carboxylic acids is 2. The third kappa shape index (κ3) is 4.04. The molecule has 2 aromatic carbocycles. The van der Waals surface area contributed by atoms with Crippen LogP contribution in [0.1, 0.15) is 34.6 Å². The number of likely N-dealkylation sites (tertiary alicyclic amines) is 1. The van der Waals surface area contributed by atoms with Crippen LogP contribution in [0.25, 0.3) is 0 Å². The van der Waals surface area contributed by atoms with Gasteiger partial charge in [-0.2, -0.15) is 13.2 Å². The van der Waals surface area contributed by atoms with Crippen LogP contribution in [0.2, 0.25) is 0 Å². The second-order valence-corrected chi connectivity index (χ2v) is 7.70. The van der Waals surface area contributed by atoms with Crippen molar-refractivity contribution in [1.82, 2.24) is 9.80 Å². The van der Waals surface area contributed by atoms with E-state index in [4.69, 9.17) is 0 Å². The summed E-state index contributed by atoms with van der Waals surface area (Å²) in [5, 5.41) is 0. The van der Waals surface area contributed by atoms with Crippen molar-refractivity contribution >= 4 is 11.8 Å². The zero-order chi connectivity index (χ0) is 21.5. The lowest BCUT2D eigenvalue weighted by Crippen LogP contribution is -2.43. The molecule has 0 aromatic heterocycles. The van der Waals surface area contributed by atoms with Gasteiger partial charge in [0.25, 0.3) is 0 Å². The minimum absolute atomic E-state index is 0.0987. The Morgan fingerprint density at radius 2 is 1.77 bits per heavy atom. The third-order valence-electron chi connectivity index (χ3n) is 5.79. The molecule has 4 nitrogen and oxygen atoms in total. The first-order chi connectivity index (χ1) is 14.2. The van der Waals surface area contributed by atoms with Gasteiger partial charge in [-0.3, -0.25) is 9.59 Å². The van der Waals surface area contributed by atoms with Crippen LogP contribution in [-0.2, 0) is 28.7 Å². The maximum absolute atomic E-state index is 13.1. The molecule has 2 heterocycles. The van der Waals surface area contributed by atoms with Crippen molar-refractivity contribution in [3.05, 3.63) is 70.5 Å². The molecule has 2 amide bonds. The minimum atomic E-state index is -4.43. The monoisotopic (exact) mass is 420 g/mol. The molecule has 0 radical (unpaired) electrons. The van der Waals surface area contributed by atoms with E-state index in [1.54, 1.807) is 12.1 Å². The molecule has 30 heavy (non-hydrogen) atoms. The number of nitrogens with zero attached hydrogens (tertiary/aromatic N) is 2.